The molecule has 10 heteroatoms. The second-order valence-electron chi connectivity index (χ2n) is 12.4. The van der Waals surface area contributed by atoms with Crippen LogP contribution < -0.4 is 24.0 Å². The Bertz CT molecular complexity index is 1770. The van der Waals surface area contributed by atoms with E-state index in [1.807, 2.05) is 0 Å². The summed E-state index contributed by atoms with van der Waals surface area (Å²) in [5.74, 6) is -6.94. The Morgan fingerprint density at radius 3 is 1.57 bits per heavy atom. The molecule has 5 aliphatic rings. The number of esters is 1. The van der Waals surface area contributed by atoms with Crippen LogP contribution in [0, 0.1) is 35.0 Å². The third-order valence-electron chi connectivity index (χ3n) is 10.2. The summed E-state index contributed by atoms with van der Waals surface area (Å²) in [7, 11) is 0. The van der Waals surface area contributed by atoms with Gasteiger partial charge in [0.05, 0.1) is 48.3 Å². The van der Waals surface area contributed by atoms with Gasteiger partial charge in [-0.2, -0.15) is 0 Å². The number of nitrogens with zero attached hydrogens (tertiary/aromatic N) is 2. The van der Waals surface area contributed by atoms with E-state index in [-0.39, 0.29) is 22.7 Å². The quantitative estimate of drug-likeness (QED) is 0.194. The minimum atomic E-state index is -1.57. The Balaban J connectivity index is 1.40. The molecule has 3 aliphatic carbocycles. The van der Waals surface area contributed by atoms with Gasteiger partial charge in [-0.25, -0.2) is 14.6 Å². The van der Waals surface area contributed by atoms with E-state index < -0.39 is 64.6 Å². The SMILES string of the molecule is CCOc1ccccc1N1C(=O)C2C3C(C)=C(C(=O)Oc4ccccc4)C(C)(C2C1=O)C1C(=O)N(c2ccccc2OCC)C(=O)C31. The lowest BCUT2D eigenvalue weighted by molar-refractivity contribution is -0.152. The maximum atomic E-state index is 14.6. The maximum Gasteiger partial charge on any atom is 0.339 e. The third kappa shape index (κ3) is 4.20. The van der Waals surface area contributed by atoms with Gasteiger partial charge in [-0.15, -0.1) is 0 Å². The number of rotatable bonds is 8. The molecule has 47 heavy (non-hydrogen) atoms. The number of carbonyl (C=O) groups excluding carboxylic acids is 5. The number of para-hydroxylation sites is 5. The average Bonchev–Trinajstić information content (AvgIpc) is 3.48. The van der Waals surface area contributed by atoms with Gasteiger partial charge in [-0.05, 0) is 57.2 Å². The highest BCUT2D eigenvalue weighted by molar-refractivity contribution is 6.28. The molecule has 4 atom stereocenters. The van der Waals surface area contributed by atoms with Gasteiger partial charge in [-0.1, -0.05) is 55.0 Å². The molecule has 0 aromatic heterocycles. The van der Waals surface area contributed by atoms with Crippen molar-refractivity contribution in [1.82, 2.24) is 0 Å². The Labute approximate surface area is 271 Å². The monoisotopic (exact) mass is 634 g/mol. The smallest absolute Gasteiger partial charge is 0.339 e. The topological polar surface area (TPSA) is 120 Å². The first-order chi connectivity index (χ1) is 22.7. The Morgan fingerprint density at radius 1 is 0.660 bits per heavy atom. The van der Waals surface area contributed by atoms with E-state index in [9.17, 15) is 24.0 Å². The lowest BCUT2D eigenvalue weighted by Crippen LogP contribution is -2.61. The molecule has 0 spiro atoms. The molecule has 8 rings (SSSR count). The molecule has 4 amide bonds. The van der Waals surface area contributed by atoms with E-state index in [1.165, 1.54) is 0 Å². The molecular formula is C37H34N2O8. The second kappa shape index (κ2) is 11.2. The average molecular weight is 635 g/mol. The van der Waals surface area contributed by atoms with E-state index in [4.69, 9.17) is 14.2 Å². The van der Waals surface area contributed by atoms with Crippen LogP contribution in [0.15, 0.2) is 90.0 Å². The van der Waals surface area contributed by atoms with Crippen LogP contribution in [-0.2, 0) is 24.0 Å². The van der Waals surface area contributed by atoms with Crippen LogP contribution in [0.3, 0.4) is 0 Å². The highest BCUT2D eigenvalue weighted by atomic mass is 16.5. The van der Waals surface area contributed by atoms with Gasteiger partial charge in [0, 0.05) is 16.9 Å². The zero-order valence-corrected chi connectivity index (χ0v) is 26.5. The number of benzene rings is 3. The summed E-state index contributed by atoms with van der Waals surface area (Å²) in [6.45, 7) is 7.59. The van der Waals surface area contributed by atoms with Crippen molar-refractivity contribution in [2.45, 2.75) is 27.7 Å². The van der Waals surface area contributed by atoms with E-state index in [2.05, 4.69) is 0 Å². The van der Waals surface area contributed by atoms with Crippen LogP contribution in [0.5, 0.6) is 17.2 Å². The number of hydrogen-bond donors (Lipinski definition) is 0. The van der Waals surface area contributed by atoms with Crippen LogP contribution in [0.4, 0.5) is 11.4 Å². The summed E-state index contributed by atoms with van der Waals surface area (Å²) in [6.07, 6.45) is 0. The Morgan fingerprint density at radius 2 is 1.11 bits per heavy atom. The summed E-state index contributed by atoms with van der Waals surface area (Å²) in [5, 5.41) is 0. The lowest BCUT2D eigenvalue weighted by Gasteiger charge is -2.55. The molecule has 10 nitrogen and oxygen atoms in total. The van der Waals surface area contributed by atoms with Crippen molar-refractivity contribution in [3.8, 4) is 17.2 Å². The summed E-state index contributed by atoms with van der Waals surface area (Å²) in [5.41, 5.74) is -0.385. The molecule has 1 saturated carbocycles. The summed E-state index contributed by atoms with van der Waals surface area (Å²) < 4.78 is 17.4. The van der Waals surface area contributed by atoms with Gasteiger partial charge < -0.3 is 14.2 Å². The number of anilines is 2. The van der Waals surface area contributed by atoms with Crippen molar-refractivity contribution in [3.05, 3.63) is 90.0 Å². The van der Waals surface area contributed by atoms with Crippen LogP contribution >= 0.6 is 0 Å². The van der Waals surface area contributed by atoms with Gasteiger partial charge in [0.1, 0.15) is 17.2 Å². The van der Waals surface area contributed by atoms with Crippen LogP contribution in [0.1, 0.15) is 27.7 Å². The highest BCUT2D eigenvalue weighted by Crippen LogP contribution is 2.69. The Hall–Kier alpha value is -5.25. The number of allylic oxidation sites excluding steroid dienone is 1. The van der Waals surface area contributed by atoms with Crippen molar-refractivity contribution in [2.24, 2.45) is 35.0 Å². The standard InChI is InChI=1S/C37H34N2O8/c1-5-45-24-18-12-10-16-22(24)38-32(40)27-26-20(3)29(36(44)47-21-14-8-7-9-15-21)37(4,30(27)34(38)42)31-28(26)33(41)39(35(31)43)23-17-11-13-19-25(23)46-6-2/h7-19,26-28,30-31H,5-6H2,1-4H3. The summed E-state index contributed by atoms with van der Waals surface area (Å²) >= 11 is 0. The number of ether oxygens (including phenoxy) is 3. The normalized spacial score (nSPS) is 27.7. The second-order valence-corrected chi connectivity index (χ2v) is 12.4. The minimum Gasteiger partial charge on any atom is -0.492 e. The van der Waals surface area contributed by atoms with E-state index in [0.717, 1.165) is 9.80 Å². The molecule has 2 aliphatic heterocycles. The fourth-order valence-corrected chi connectivity index (χ4v) is 8.57. The van der Waals surface area contributed by atoms with Gasteiger partial charge >= 0.3 is 5.97 Å². The fraction of sp³-hybridized carbons (Fsp3) is 0.324. The largest absolute Gasteiger partial charge is 0.492 e. The molecule has 2 saturated heterocycles. The van der Waals surface area contributed by atoms with Crippen molar-refractivity contribution in [2.75, 3.05) is 23.0 Å². The molecule has 3 aromatic rings. The minimum absolute atomic E-state index is 0.149. The molecule has 240 valence electrons. The maximum absolute atomic E-state index is 14.6. The molecule has 4 unspecified atom stereocenters. The molecule has 3 aromatic carbocycles. The molecule has 2 bridgehead atoms. The van der Waals surface area contributed by atoms with Gasteiger partial charge in [0.2, 0.25) is 23.6 Å². The molecule has 0 radical (unpaired) electrons. The van der Waals surface area contributed by atoms with E-state index in [0.29, 0.717) is 30.3 Å². The van der Waals surface area contributed by atoms with Crippen molar-refractivity contribution >= 4 is 41.0 Å². The van der Waals surface area contributed by atoms with Crippen molar-refractivity contribution < 1.29 is 38.2 Å². The van der Waals surface area contributed by atoms with Gasteiger partial charge in [0.25, 0.3) is 0 Å². The number of imide groups is 2. The number of carbonyl (C=O) groups is 5. The highest BCUT2D eigenvalue weighted by Gasteiger charge is 2.77. The van der Waals surface area contributed by atoms with Crippen molar-refractivity contribution in [3.63, 3.8) is 0 Å². The molecule has 3 fully saturated rings. The van der Waals surface area contributed by atoms with Crippen LogP contribution in [0.25, 0.3) is 0 Å². The molecule has 0 N–H and O–H groups in total. The number of hydrogen-bond acceptors (Lipinski definition) is 8. The molecular weight excluding hydrogens is 600 g/mol. The molecule has 2 heterocycles. The summed E-state index contributed by atoms with van der Waals surface area (Å²) in [4.78, 5) is 74.7. The first-order valence-electron chi connectivity index (χ1n) is 15.8. The van der Waals surface area contributed by atoms with E-state index in [1.54, 1.807) is 107 Å². The van der Waals surface area contributed by atoms with Gasteiger partial charge in [0.15, 0.2) is 0 Å². The van der Waals surface area contributed by atoms with Crippen LogP contribution in [0.2, 0.25) is 0 Å². The first-order valence-corrected chi connectivity index (χ1v) is 15.8. The van der Waals surface area contributed by atoms with E-state index >= 15 is 0 Å². The zero-order valence-electron chi connectivity index (χ0n) is 26.5. The lowest BCUT2D eigenvalue weighted by atomic mass is 9.43. The zero-order chi connectivity index (χ0) is 33.2. The van der Waals surface area contributed by atoms with Crippen molar-refractivity contribution in [1.29, 1.82) is 0 Å². The Kier molecular flexibility index (Phi) is 7.26. The third-order valence-corrected chi connectivity index (χ3v) is 10.2. The number of amides is 4. The predicted molar refractivity (Wildman–Crippen MR) is 171 cm³/mol. The predicted octanol–water partition coefficient (Wildman–Crippen LogP) is 4.97. The first kappa shape index (κ1) is 30.4. The van der Waals surface area contributed by atoms with Crippen LogP contribution in [-0.4, -0.2) is 42.8 Å². The summed E-state index contributed by atoms with van der Waals surface area (Å²) in [6, 6.07) is 22.1. The van der Waals surface area contributed by atoms with Gasteiger partial charge in [-0.3, -0.25) is 19.2 Å². The fourth-order valence-electron chi connectivity index (χ4n) is 8.57.